The van der Waals surface area contributed by atoms with Gasteiger partial charge in [-0.1, -0.05) is 58.4 Å². The van der Waals surface area contributed by atoms with Gasteiger partial charge in [0.2, 0.25) is 0 Å². The molecule has 1 fully saturated rings. The van der Waals surface area contributed by atoms with E-state index in [1.165, 1.54) is 0 Å². The molecule has 5 rings (SSSR count). The Hall–Kier alpha value is -3.38. The fraction of sp³-hybridized carbons (Fsp3) is 0.214. The maximum atomic E-state index is 13.2. The molecule has 0 saturated carbocycles. The van der Waals surface area contributed by atoms with E-state index < -0.39 is 17.7 Å². The molecule has 5 nitrogen and oxygen atoms in total. The van der Waals surface area contributed by atoms with Crippen molar-refractivity contribution < 1.29 is 19.4 Å². The summed E-state index contributed by atoms with van der Waals surface area (Å²) in [5, 5.41) is 11.3. The molecular formula is C28H24BrNO4. The predicted molar refractivity (Wildman–Crippen MR) is 134 cm³/mol. The van der Waals surface area contributed by atoms with Gasteiger partial charge in [0.1, 0.15) is 17.6 Å². The lowest BCUT2D eigenvalue weighted by molar-refractivity contribution is -0.139. The third-order valence-corrected chi connectivity index (χ3v) is 6.91. The molecule has 0 aliphatic carbocycles. The summed E-state index contributed by atoms with van der Waals surface area (Å²) in [6.07, 6.45) is 1.41. The quantitative estimate of drug-likeness (QED) is 0.278. The number of aliphatic hydroxyl groups excluding tert-OH is 1. The van der Waals surface area contributed by atoms with E-state index in [0.29, 0.717) is 18.5 Å². The monoisotopic (exact) mass is 517 g/mol. The number of rotatable bonds is 5. The molecule has 1 amide bonds. The molecule has 0 unspecified atom stereocenters. The fourth-order valence-electron chi connectivity index (χ4n) is 4.72. The van der Waals surface area contributed by atoms with Crippen LogP contribution in [0.2, 0.25) is 0 Å². The van der Waals surface area contributed by atoms with Crippen LogP contribution in [0.25, 0.3) is 5.76 Å². The van der Waals surface area contributed by atoms with E-state index in [4.69, 9.17) is 4.74 Å². The van der Waals surface area contributed by atoms with Gasteiger partial charge in [0, 0.05) is 23.0 Å². The molecular weight excluding hydrogens is 494 g/mol. The molecule has 1 N–H and O–H groups in total. The number of hydrogen-bond acceptors (Lipinski definition) is 4. The summed E-state index contributed by atoms with van der Waals surface area (Å²) in [5.41, 5.74) is 3.46. The van der Waals surface area contributed by atoms with Crippen molar-refractivity contribution >= 4 is 33.4 Å². The highest BCUT2D eigenvalue weighted by atomic mass is 79.9. The van der Waals surface area contributed by atoms with E-state index in [0.717, 1.165) is 33.3 Å². The summed E-state index contributed by atoms with van der Waals surface area (Å²) in [6, 6.07) is 22.1. The highest BCUT2D eigenvalue weighted by molar-refractivity contribution is 9.10. The largest absolute Gasteiger partial charge is 0.507 e. The Morgan fingerprint density at radius 3 is 2.53 bits per heavy atom. The topological polar surface area (TPSA) is 66.8 Å². The average molecular weight is 518 g/mol. The zero-order valence-electron chi connectivity index (χ0n) is 18.7. The number of Topliss-reactive ketones (excluding diaryl/α,β-unsaturated/α-hetero) is 1. The number of likely N-dealkylation sites (tertiary alicyclic amines) is 1. The van der Waals surface area contributed by atoms with Crippen molar-refractivity contribution in [2.24, 2.45) is 0 Å². The maximum absolute atomic E-state index is 13.2. The zero-order valence-corrected chi connectivity index (χ0v) is 20.3. The summed E-state index contributed by atoms with van der Waals surface area (Å²) in [5.74, 6) is -0.625. The van der Waals surface area contributed by atoms with Crippen LogP contribution < -0.4 is 4.74 Å². The standard InChI is InChI=1S/C28H24BrNO4/c1-17-15-21-16-20(9-12-23(21)34-17)26(31)24-25(19-7-10-22(29)11-8-19)30(28(33)27(24)32)14-13-18-5-3-2-4-6-18/h2-12,16-17,25,31H,13-15H2,1H3/b26-24+/t17-,25+/m1/s1. The third kappa shape index (κ3) is 4.14. The van der Waals surface area contributed by atoms with Crippen molar-refractivity contribution in [1.82, 2.24) is 4.90 Å². The van der Waals surface area contributed by atoms with Gasteiger partial charge in [-0.2, -0.15) is 0 Å². The smallest absolute Gasteiger partial charge is 0.295 e. The van der Waals surface area contributed by atoms with E-state index >= 15 is 0 Å². The minimum absolute atomic E-state index is 0.0683. The SMILES string of the molecule is C[C@@H]1Cc2cc(/C(O)=C3\C(=O)C(=O)N(CCc4ccccc4)[C@H]3c3ccc(Br)cc3)ccc2O1. The molecule has 2 heterocycles. The minimum Gasteiger partial charge on any atom is -0.507 e. The van der Waals surface area contributed by atoms with Gasteiger partial charge in [0.05, 0.1) is 11.6 Å². The van der Waals surface area contributed by atoms with Gasteiger partial charge < -0.3 is 14.7 Å². The van der Waals surface area contributed by atoms with Crippen LogP contribution in [-0.4, -0.2) is 34.3 Å². The van der Waals surface area contributed by atoms with Crippen LogP contribution in [0.1, 0.15) is 35.2 Å². The molecule has 0 radical (unpaired) electrons. The number of benzene rings is 3. The molecule has 0 spiro atoms. The van der Waals surface area contributed by atoms with E-state index in [2.05, 4.69) is 15.9 Å². The van der Waals surface area contributed by atoms with Gasteiger partial charge in [-0.05, 0) is 60.4 Å². The molecule has 3 aromatic carbocycles. The molecule has 172 valence electrons. The molecule has 0 bridgehead atoms. The Kier molecular flexibility index (Phi) is 6.00. The first-order valence-electron chi connectivity index (χ1n) is 11.3. The average Bonchev–Trinajstić information content (AvgIpc) is 3.34. The fourth-order valence-corrected chi connectivity index (χ4v) is 4.99. The van der Waals surface area contributed by atoms with Crippen molar-refractivity contribution in [2.45, 2.75) is 31.9 Å². The number of fused-ring (bicyclic) bond motifs is 1. The molecule has 2 aliphatic heterocycles. The van der Waals surface area contributed by atoms with E-state index in [9.17, 15) is 14.7 Å². The van der Waals surface area contributed by atoms with Gasteiger partial charge >= 0.3 is 0 Å². The Balaban J connectivity index is 1.57. The van der Waals surface area contributed by atoms with E-state index in [-0.39, 0.29) is 17.4 Å². The number of halogens is 1. The van der Waals surface area contributed by atoms with E-state index in [1.807, 2.05) is 73.7 Å². The maximum Gasteiger partial charge on any atom is 0.295 e. The number of nitrogens with zero attached hydrogens (tertiary/aromatic N) is 1. The molecule has 2 aliphatic rings. The summed E-state index contributed by atoms with van der Waals surface area (Å²) in [7, 11) is 0. The van der Waals surface area contributed by atoms with Crippen LogP contribution in [0.15, 0.2) is 82.8 Å². The van der Waals surface area contributed by atoms with Crippen LogP contribution in [0, 0.1) is 0 Å². The minimum atomic E-state index is -0.666. The number of ether oxygens (including phenoxy) is 1. The number of aliphatic hydroxyl groups is 1. The summed E-state index contributed by atoms with van der Waals surface area (Å²) in [4.78, 5) is 28.0. The Morgan fingerprint density at radius 2 is 1.79 bits per heavy atom. The molecule has 6 heteroatoms. The second-order valence-corrected chi connectivity index (χ2v) is 9.65. The Bertz CT molecular complexity index is 1280. The summed E-state index contributed by atoms with van der Waals surface area (Å²) in [6.45, 7) is 2.35. The Morgan fingerprint density at radius 1 is 1.06 bits per heavy atom. The van der Waals surface area contributed by atoms with E-state index in [1.54, 1.807) is 11.0 Å². The number of carbonyl (C=O) groups is 2. The van der Waals surface area contributed by atoms with Gasteiger partial charge in [0.15, 0.2) is 0 Å². The van der Waals surface area contributed by atoms with Crippen LogP contribution in [0.4, 0.5) is 0 Å². The van der Waals surface area contributed by atoms with Crippen molar-refractivity contribution in [1.29, 1.82) is 0 Å². The molecule has 34 heavy (non-hydrogen) atoms. The molecule has 1 saturated heterocycles. The first kappa shape index (κ1) is 22.4. The van der Waals surface area contributed by atoms with Crippen LogP contribution in [0.3, 0.4) is 0 Å². The first-order chi connectivity index (χ1) is 16.4. The summed E-state index contributed by atoms with van der Waals surface area (Å²) < 4.78 is 6.66. The van der Waals surface area contributed by atoms with Gasteiger partial charge in [-0.25, -0.2) is 0 Å². The Labute approximate surface area is 206 Å². The third-order valence-electron chi connectivity index (χ3n) is 6.38. The van der Waals surface area contributed by atoms with Gasteiger partial charge in [0.25, 0.3) is 11.7 Å². The number of hydrogen-bond donors (Lipinski definition) is 1. The van der Waals surface area contributed by atoms with Crippen molar-refractivity contribution in [3.63, 3.8) is 0 Å². The normalized spacial score (nSPS) is 20.9. The number of ketones is 1. The first-order valence-corrected chi connectivity index (χ1v) is 12.1. The number of amides is 1. The van der Waals surface area contributed by atoms with Crippen molar-refractivity contribution in [3.05, 3.63) is 105 Å². The number of carbonyl (C=O) groups excluding carboxylic acids is 2. The van der Waals surface area contributed by atoms with Crippen LogP contribution >= 0.6 is 15.9 Å². The molecule has 0 aromatic heterocycles. The second-order valence-electron chi connectivity index (χ2n) is 8.73. The van der Waals surface area contributed by atoms with Crippen molar-refractivity contribution in [3.8, 4) is 5.75 Å². The highest BCUT2D eigenvalue weighted by Crippen LogP contribution is 2.41. The lowest BCUT2D eigenvalue weighted by Gasteiger charge is -2.25. The molecule has 3 aromatic rings. The highest BCUT2D eigenvalue weighted by Gasteiger charge is 2.45. The predicted octanol–water partition coefficient (Wildman–Crippen LogP) is 5.44. The summed E-state index contributed by atoms with van der Waals surface area (Å²) >= 11 is 3.45. The molecule has 2 atom stereocenters. The van der Waals surface area contributed by atoms with Crippen molar-refractivity contribution in [2.75, 3.05) is 6.54 Å². The van der Waals surface area contributed by atoms with Gasteiger partial charge in [-0.3, -0.25) is 9.59 Å². The van der Waals surface area contributed by atoms with Crippen LogP contribution in [0.5, 0.6) is 5.75 Å². The van der Waals surface area contributed by atoms with Crippen LogP contribution in [-0.2, 0) is 22.4 Å². The second kappa shape index (κ2) is 9.11. The lowest BCUT2D eigenvalue weighted by Crippen LogP contribution is -2.31. The van der Waals surface area contributed by atoms with Gasteiger partial charge in [-0.15, -0.1) is 0 Å². The lowest BCUT2D eigenvalue weighted by atomic mass is 9.94. The zero-order chi connectivity index (χ0) is 23.8.